The van der Waals surface area contributed by atoms with Crippen molar-refractivity contribution in [1.29, 1.82) is 0 Å². The standard InChI is InChI=1S/C24H26F4N4O5S/c1-14(2)31-18-11-15(20(33)30-23(3)7-9-38(35,36)10-8-23)13-29-19(18)32(22(31)34)16-5-4-6-17(12-16)37-24(27,28)21(25)26/h4-6,11-14,21H,7-10H2,1-3H3,(H,30,33). The molecule has 9 nitrogen and oxygen atoms in total. The van der Waals surface area contributed by atoms with Crippen LogP contribution in [-0.2, 0) is 9.84 Å². The fourth-order valence-corrected chi connectivity index (χ4v) is 6.03. The van der Waals surface area contributed by atoms with E-state index < -0.39 is 51.3 Å². The monoisotopic (exact) mass is 558 g/mol. The topological polar surface area (TPSA) is 112 Å². The minimum absolute atomic E-state index is 0.0389. The highest BCUT2D eigenvalue weighted by molar-refractivity contribution is 7.91. The van der Waals surface area contributed by atoms with Gasteiger partial charge in [-0.25, -0.2) is 22.8 Å². The van der Waals surface area contributed by atoms with Crippen molar-refractivity contribution in [2.45, 2.75) is 57.7 Å². The largest absolute Gasteiger partial charge is 0.461 e. The summed E-state index contributed by atoms with van der Waals surface area (Å²) < 4.78 is 82.2. The number of carbonyl (C=O) groups is 1. The summed E-state index contributed by atoms with van der Waals surface area (Å²) in [5.41, 5.74) is -0.773. The van der Waals surface area contributed by atoms with Crippen LogP contribution in [0.15, 0.2) is 41.3 Å². The molecule has 0 bridgehead atoms. The van der Waals surface area contributed by atoms with Crippen molar-refractivity contribution < 1.29 is 35.5 Å². The van der Waals surface area contributed by atoms with Gasteiger partial charge in [0, 0.05) is 23.8 Å². The minimum atomic E-state index is -4.73. The Labute approximate surface area is 215 Å². The number of fused-ring (bicyclic) bond motifs is 1. The van der Waals surface area contributed by atoms with Crippen LogP contribution in [0.4, 0.5) is 17.6 Å². The summed E-state index contributed by atoms with van der Waals surface area (Å²) in [6.45, 7) is 5.22. The normalized spacial score (nSPS) is 17.2. The summed E-state index contributed by atoms with van der Waals surface area (Å²) in [4.78, 5) is 30.7. The van der Waals surface area contributed by atoms with Crippen LogP contribution in [0.1, 0.15) is 50.0 Å². The Balaban J connectivity index is 1.73. The van der Waals surface area contributed by atoms with Gasteiger partial charge in [-0.3, -0.25) is 9.36 Å². The molecule has 1 aromatic carbocycles. The summed E-state index contributed by atoms with van der Waals surface area (Å²) in [6, 6.07) is 5.81. The fourth-order valence-electron chi connectivity index (χ4n) is 4.30. The number of hydrogen-bond acceptors (Lipinski definition) is 6. The number of nitrogens with zero attached hydrogens (tertiary/aromatic N) is 3. The molecule has 0 unspecified atom stereocenters. The van der Waals surface area contributed by atoms with Gasteiger partial charge in [-0.05, 0) is 51.8 Å². The molecule has 1 saturated heterocycles. The lowest BCUT2D eigenvalue weighted by atomic mass is 9.94. The second-order valence-electron chi connectivity index (χ2n) is 9.78. The van der Waals surface area contributed by atoms with Gasteiger partial charge in [0.05, 0.1) is 28.3 Å². The number of halogens is 4. The zero-order chi connectivity index (χ0) is 28.0. The maximum absolute atomic E-state index is 13.4. The molecule has 0 radical (unpaired) electrons. The van der Waals surface area contributed by atoms with E-state index in [0.29, 0.717) is 0 Å². The smallest absolute Gasteiger partial charge is 0.428 e. The summed E-state index contributed by atoms with van der Waals surface area (Å²) in [6.07, 6.45) is -7.02. The van der Waals surface area contributed by atoms with Gasteiger partial charge in [0.15, 0.2) is 5.65 Å². The summed E-state index contributed by atoms with van der Waals surface area (Å²) >= 11 is 0. The van der Waals surface area contributed by atoms with Crippen molar-refractivity contribution in [2.24, 2.45) is 0 Å². The SMILES string of the molecule is CC(C)n1c(=O)n(-c2cccc(OC(F)(F)C(F)F)c2)c2ncc(C(=O)NC3(C)CCS(=O)(=O)CC3)cc21. The van der Waals surface area contributed by atoms with Crippen molar-refractivity contribution in [1.82, 2.24) is 19.4 Å². The number of sulfone groups is 1. The van der Waals surface area contributed by atoms with Gasteiger partial charge < -0.3 is 10.1 Å². The predicted octanol–water partition coefficient (Wildman–Crippen LogP) is 3.70. The maximum Gasteiger partial charge on any atom is 0.461 e. The summed E-state index contributed by atoms with van der Waals surface area (Å²) in [7, 11) is -3.14. The predicted molar refractivity (Wildman–Crippen MR) is 131 cm³/mol. The van der Waals surface area contributed by atoms with Gasteiger partial charge in [-0.2, -0.15) is 17.6 Å². The lowest BCUT2D eigenvalue weighted by Crippen LogP contribution is -2.50. The van der Waals surface area contributed by atoms with Gasteiger partial charge >= 0.3 is 18.2 Å². The summed E-state index contributed by atoms with van der Waals surface area (Å²) in [5, 5.41) is 2.87. The van der Waals surface area contributed by atoms with Crippen LogP contribution in [0.5, 0.6) is 5.75 Å². The minimum Gasteiger partial charge on any atom is -0.428 e. The zero-order valence-corrected chi connectivity index (χ0v) is 21.6. The van der Waals surface area contributed by atoms with Crippen molar-refractivity contribution in [3.63, 3.8) is 0 Å². The molecule has 0 saturated carbocycles. The quantitative estimate of drug-likeness (QED) is 0.443. The molecular weight excluding hydrogens is 532 g/mol. The number of imidazole rings is 1. The number of ether oxygens (including phenoxy) is 1. The molecule has 3 heterocycles. The van der Waals surface area contributed by atoms with Crippen LogP contribution in [0.2, 0.25) is 0 Å². The molecule has 1 N–H and O–H groups in total. The maximum atomic E-state index is 13.4. The van der Waals surface area contributed by atoms with Gasteiger partial charge in [-0.15, -0.1) is 0 Å². The Hall–Kier alpha value is -3.42. The van der Waals surface area contributed by atoms with Gasteiger partial charge in [0.2, 0.25) is 0 Å². The third kappa shape index (κ3) is 5.40. The van der Waals surface area contributed by atoms with E-state index in [2.05, 4.69) is 15.0 Å². The molecular formula is C24H26F4N4O5S. The zero-order valence-electron chi connectivity index (χ0n) is 20.8. The molecule has 0 atom stereocenters. The van der Waals surface area contributed by atoms with Crippen LogP contribution < -0.4 is 15.7 Å². The van der Waals surface area contributed by atoms with Crippen LogP contribution in [0, 0.1) is 0 Å². The molecule has 1 fully saturated rings. The molecule has 4 rings (SSSR count). The van der Waals surface area contributed by atoms with Crippen LogP contribution in [0.3, 0.4) is 0 Å². The van der Waals surface area contributed by atoms with Gasteiger partial charge in [-0.1, -0.05) is 6.07 Å². The second kappa shape index (κ2) is 9.71. The molecule has 1 amide bonds. The Kier molecular flexibility index (Phi) is 7.06. The fraction of sp³-hybridized carbons (Fsp3) is 0.458. The number of carbonyl (C=O) groups excluding carboxylic acids is 1. The highest BCUT2D eigenvalue weighted by Gasteiger charge is 2.44. The Morgan fingerprint density at radius 3 is 2.45 bits per heavy atom. The third-order valence-corrected chi connectivity index (χ3v) is 8.08. The number of aromatic nitrogens is 3. The lowest BCUT2D eigenvalue weighted by molar-refractivity contribution is -0.253. The summed E-state index contributed by atoms with van der Waals surface area (Å²) in [5.74, 6) is -1.16. The number of nitrogens with one attached hydrogen (secondary N) is 1. The Bertz CT molecular complexity index is 1530. The number of amides is 1. The second-order valence-corrected chi connectivity index (χ2v) is 12.1. The number of benzene rings is 1. The highest BCUT2D eigenvalue weighted by atomic mass is 32.2. The van der Waals surface area contributed by atoms with Crippen LogP contribution in [0.25, 0.3) is 16.9 Å². The highest BCUT2D eigenvalue weighted by Crippen LogP contribution is 2.30. The first-order chi connectivity index (χ1) is 17.6. The lowest BCUT2D eigenvalue weighted by Gasteiger charge is -2.34. The Morgan fingerprint density at radius 1 is 1.18 bits per heavy atom. The molecule has 0 aliphatic carbocycles. The van der Waals surface area contributed by atoms with Crippen molar-refractivity contribution in [3.05, 3.63) is 52.6 Å². The van der Waals surface area contributed by atoms with Crippen LogP contribution >= 0.6 is 0 Å². The van der Waals surface area contributed by atoms with E-state index in [1.807, 2.05) is 0 Å². The van der Waals surface area contributed by atoms with Crippen molar-refractivity contribution in [3.8, 4) is 11.4 Å². The average molecular weight is 559 g/mol. The molecule has 1 aliphatic heterocycles. The van der Waals surface area contributed by atoms with E-state index in [1.165, 1.54) is 29.0 Å². The molecule has 2 aromatic heterocycles. The number of rotatable bonds is 7. The van der Waals surface area contributed by atoms with E-state index in [0.717, 1.165) is 16.7 Å². The molecule has 0 spiro atoms. The van der Waals surface area contributed by atoms with E-state index in [9.17, 15) is 35.6 Å². The molecule has 38 heavy (non-hydrogen) atoms. The molecule has 206 valence electrons. The first-order valence-electron chi connectivity index (χ1n) is 11.7. The van der Waals surface area contributed by atoms with Gasteiger partial charge in [0.1, 0.15) is 15.6 Å². The average Bonchev–Trinajstić information content (AvgIpc) is 3.12. The molecule has 3 aromatic rings. The number of hydrogen-bond donors (Lipinski definition) is 1. The van der Waals surface area contributed by atoms with E-state index >= 15 is 0 Å². The van der Waals surface area contributed by atoms with Crippen molar-refractivity contribution >= 4 is 26.9 Å². The van der Waals surface area contributed by atoms with Crippen LogP contribution in [-0.4, -0.2) is 58.0 Å². The van der Waals surface area contributed by atoms with E-state index in [1.54, 1.807) is 20.8 Å². The first-order valence-corrected chi connectivity index (χ1v) is 13.6. The molecule has 14 heteroatoms. The number of pyridine rings is 1. The van der Waals surface area contributed by atoms with E-state index in [-0.39, 0.29) is 46.8 Å². The van der Waals surface area contributed by atoms with E-state index in [4.69, 9.17) is 0 Å². The van der Waals surface area contributed by atoms with Crippen molar-refractivity contribution in [2.75, 3.05) is 11.5 Å². The third-order valence-electron chi connectivity index (χ3n) is 6.42. The molecule has 1 aliphatic rings. The van der Waals surface area contributed by atoms with Gasteiger partial charge in [0.25, 0.3) is 5.91 Å². The number of alkyl halides is 4. The first kappa shape index (κ1) is 27.6. The Morgan fingerprint density at radius 2 is 1.84 bits per heavy atom.